The number of hydrogen-bond donors (Lipinski definition) is 1. The number of aromatic nitrogens is 3. The summed E-state index contributed by atoms with van der Waals surface area (Å²) in [6.07, 6.45) is 6.94. The maximum atomic E-state index is 12.9. The summed E-state index contributed by atoms with van der Waals surface area (Å²) in [4.78, 5) is 17.8. The molecule has 2 heterocycles. The van der Waals surface area contributed by atoms with Crippen molar-refractivity contribution in [3.8, 4) is 0 Å². The van der Waals surface area contributed by atoms with Gasteiger partial charge in [0.1, 0.15) is 5.56 Å². The summed E-state index contributed by atoms with van der Waals surface area (Å²) in [5.74, 6) is 0.704. The number of carbonyl (C=O) groups is 1. The van der Waals surface area contributed by atoms with Crippen LogP contribution in [0.5, 0.6) is 0 Å². The number of rotatable bonds is 4. The zero-order chi connectivity index (χ0) is 21.4. The van der Waals surface area contributed by atoms with Crippen LogP contribution in [0.1, 0.15) is 76.6 Å². The summed E-state index contributed by atoms with van der Waals surface area (Å²) >= 11 is 0. The lowest BCUT2D eigenvalue weighted by Gasteiger charge is -2.26. The van der Waals surface area contributed by atoms with Crippen LogP contribution in [0, 0.1) is 33.6 Å². The normalized spacial score (nSPS) is 19.2. The molecule has 0 atom stereocenters. The zero-order valence-electron chi connectivity index (χ0n) is 18.7. The molecule has 158 valence electrons. The predicted molar refractivity (Wildman–Crippen MR) is 120 cm³/mol. The Labute approximate surface area is 178 Å². The molecule has 1 N–H and O–H groups in total. The van der Waals surface area contributed by atoms with Crippen LogP contribution in [-0.2, 0) is 6.42 Å². The van der Waals surface area contributed by atoms with Crippen molar-refractivity contribution < 1.29 is 4.79 Å². The number of fused-ring (bicyclic) bond motifs is 1. The van der Waals surface area contributed by atoms with Crippen LogP contribution in [0.4, 0.5) is 0 Å². The van der Waals surface area contributed by atoms with E-state index in [2.05, 4.69) is 56.3 Å². The second kappa shape index (κ2) is 8.21. The Balaban J connectivity index is 1.62. The maximum Gasteiger partial charge on any atom is 0.256 e. The molecule has 2 aromatic heterocycles. The van der Waals surface area contributed by atoms with Crippen LogP contribution >= 0.6 is 0 Å². The van der Waals surface area contributed by atoms with Gasteiger partial charge in [-0.05, 0) is 76.0 Å². The molecule has 1 aromatic carbocycles. The Kier molecular flexibility index (Phi) is 5.63. The summed E-state index contributed by atoms with van der Waals surface area (Å²) in [6, 6.07) is 6.81. The Hall–Kier alpha value is -2.69. The van der Waals surface area contributed by atoms with E-state index in [4.69, 9.17) is 4.98 Å². The lowest BCUT2D eigenvalue weighted by Crippen LogP contribution is -2.37. The summed E-state index contributed by atoms with van der Waals surface area (Å²) in [5.41, 5.74) is 8.24. The third-order valence-corrected chi connectivity index (χ3v) is 6.68. The SMILES string of the molecule is Cc1ccc(C)c(Cc2c(C)nc3c(C(=O)NC4CCC(C)CC4)cnn3c2C)c1. The topological polar surface area (TPSA) is 59.3 Å². The number of hydrogen-bond acceptors (Lipinski definition) is 3. The van der Waals surface area contributed by atoms with E-state index >= 15 is 0 Å². The van der Waals surface area contributed by atoms with E-state index < -0.39 is 0 Å². The fraction of sp³-hybridized carbons (Fsp3) is 0.480. The molecule has 0 radical (unpaired) electrons. The number of nitrogens with one attached hydrogen (secondary N) is 1. The van der Waals surface area contributed by atoms with Gasteiger partial charge in [0.2, 0.25) is 0 Å². The largest absolute Gasteiger partial charge is 0.349 e. The van der Waals surface area contributed by atoms with Crippen molar-refractivity contribution in [2.24, 2.45) is 5.92 Å². The molecule has 30 heavy (non-hydrogen) atoms. The predicted octanol–water partition coefficient (Wildman–Crippen LogP) is 4.86. The van der Waals surface area contributed by atoms with Crippen LogP contribution in [0.15, 0.2) is 24.4 Å². The maximum absolute atomic E-state index is 12.9. The van der Waals surface area contributed by atoms with E-state index in [1.165, 1.54) is 35.1 Å². The Morgan fingerprint density at radius 2 is 1.87 bits per heavy atom. The smallest absolute Gasteiger partial charge is 0.256 e. The average Bonchev–Trinajstić information content (AvgIpc) is 3.13. The van der Waals surface area contributed by atoms with Crippen LogP contribution in [-0.4, -0.2) is 26.5 Å². The van der Waals surface area contributed by atoms with Gasteiger partial charge >= 0.3 is 0 Å². The first kappa shape index (κ1) is 20.6. The molecule has 1 aliphatic carbocycles. The monoisotopic (exact) mass is 404 g/mol. The number of aryl methyl sites for hydroxylation is 4. The van der Waals surface area contributed by atoms with Crippen LogP contribution < -0.4 is 5.32 Å². The van der Waals surface area contributed by atoms with E-state index in [1.807, 2.05) is 11.4 Å². The van der Waals surface area contributed by atoms with Crippen molar-refractivity contribution in [1.29, 1.82) is 0 Å². The lowest BCUT2D eigenvalue weighted by molar-refractivity contribution is 0.0924. The quantitative estimate of drug-likeness (QED) is 0.675. The molecule has 0 saturated heterocycles. The summed E-state index contributed by atoms with van der Waals surface area (Å²) in [6.45, 7) is 10.7. The summed E-state index contributed by atoms with van der Waals surface area (Å²) in [5, 5.41) is 7.73. The fourth-order valence-corrected chi connectivity index (χ4v) is 4.58. The first-order chi connectivity index (χ1) is 14.3. The second-order valence-corrected chi connectivity index (χ2v) is 9.09. The molecule has 5 heteroatoms. The van der Waals surface area contributed by atoms with Gasteiger partial charge in [-0.25, -0.2) is 9.50 Å². The third kappa shape index (κ3) is 3.98. The highest BCUT2D eigenvalue weighted by atomic mass is 16.1. The van der Waals surface area contributed by atoms with Gasteiger partial charge in [-0.3, -0.25) is 4.79 Å². The van der Waals surface area contributed by atoms with E-state index in [-0.39, 0.29) is 11.9 Å². The van der Waals surface area contributed by atoms with Crippen molar-refractivity contribution in [2.45, 2.75) is 72.8 Å². The van der Waals surface area contributed by atoms with Gasteiger partial charge in [-0.2, -0.15) is 5.10 Å². The van der Waals surface area contributed by atoms with Crippen LogP contribution in [0.25, 0.3) is 5.65 Å². The molecule has 1 fully saturated rings. The molecule has 0 bridgehead atoms. The van der Waals surface area contributed by atoms with Crippen molar-refractivity contribution in [3.63, 3.8) is 0 Å². The highest BCUT2D eigenvalue weighted by molar-refractivity contribution is 5.99. The molecule has 1 amide bonds. The fourth-order valence-electron chi connectivity index (χ4n) is 4.58. The van der Waals surface area contributed by atoms with E-state index in [9.17, 15) is 4.79 Å². The number of amides is 1. The minimum Gasteiger partial charge on any atom is -0.349 e. The highest BCUT2D eigenvalue weighted by Gasteiger charge is 2.23. The first-order valence-corrected chi connectivity index (χ1v) is 11.0. The van der Waals surface area contributed by atoms with Gasteiger partial charge < -0.3 is 5.32 Å². The molecule has 0 unspecified atom stereocenters. The molecule has 1 aliphatic rings. The second-order valence-electron chi connectivity index (χ2n) is 9.09. The number of carbonyl (C=O) groups excluding carboxylic acids is 1. The number of benzene rings is 1. The minimum atomic E-state index is -0.0573. The van der Waals surface area contributed by atoms with Crippen molar-refractivity contribution >= 4 is 11.6 Å². The van der Waals surface area contributed by atoms with Crippen LogP contribution in [0.3, 0.4) is 0 Å². The Bertz CT molecular complexity index is 1090. The Morgan fingerprint density at radius 3 is 2.60 bits per heavy atom. The molecule has 0 aliphatic heterocycles. The van der Waals surface area contributed by atoms with Gasteiger partial charge in [-0.1, -0.05) is 30.7 Å². The van der Waals surface area contributed by atoms with Crippen molar-refractivity contribution in [2.75, 3.05) is 0 Å². The van der Waals surface area contributed by atoms with Gasteiger partial charge in [0.25, 0.3) is 5.91 Å². The molecule has 4 rings (SSSR count). The molecular formula is C25H32N4O. The third-order valence-electron chi connectivity index (χ3n) is 6.68. The molecule has 1 saturated carbocycles. The lowest BCUT2D eigenvalue weighted by atomic mass is 9.87. The molecule has 5 nitrogen and oxygen atoms in total. The Morgan fingerprint density at radius 1 is 1.13 bits per heavy atom. The molecule has 3 aromatic rings. The van der Waals surface area contributed by atoms with Crippen LogP contribution in [0.2, 0.25) is 0 Å². The average molecular weight is 405 g/mol. The van der Waals surface area contributed by atoms with Gasteiger partial charge in [0, 0.05) is 23.9 Å². The van der Waals surface area contributed by atoms with E-state index in [0.29, 0.717) is 11.2 Å². The van der Waals surface area contributed by atoms with Gasteiger partial charge in [-0.15, -0.1) is 0 Å². The van der Waals surface area contributed by atoms with E-state index in [0.717, 1.165) is 36.6 Å². The zero-order valence-corrected chi connectivity index (χ0v) is 18.7. The number of nitrogens with zero attached hydrogens (tertiary/aromatic N) is 3. The summed E-state index contributed by atoms with van der Waals surface area (Å²) in [7, 11) is 0. The summed E-state index contributed by atoms with van der Waals surface area (Å²) < 4.78 is 1.82. The van der Waals surface area contributed by atoms with Crippen molar-refractivity contribution in [3.05, 3.63) is 63.6 Å². The van der Waals surface area contributed by atoms with Gasteiger partial charge in [0.05, 0.1) is 6.20 Å². The highest BCUT2D eigenvalue weighted by Crippen LogP contribution is 2.25. The standard InChI is InChI=1S/C25H32N4O/c1-15-7-10-21(11-8-15)28-25(30)23-14-26-29-19(5)22(18(4)27-24(23)29)13-20-12-16(2)6-9-17(20)3/h6,9,12,14-15,21H,7-8,10-11,13H2,1-5H3,(H,28,30). The minimum absolute atomic E-state index is 0.0573. The van der Waals surface area contributed by atoms with Gasteiger partial charge in [0.15, 0.2) is 5.65 Å². The first-order valence-electron chi connectivity index (χ1n) is 11.0. The molecule has 0 spiro atoms. The van der Waals surface area contributed by atoms with Crippen molar-refractivity contribution in [1.82, 2.24) is 19.9 Å². The van der Waals surface area contributed by atoms with E-state index in [1.54, 1.807) is 6.20 Å². The molecular weight excluding hydrogens is 372 g/mol.